The van der Waals surface area contributed by atoms with Gasteiger partial charge in [0, 0.05) is 38.3 Å². The van der Waals surface area contributed by atoms with Crippen LogP contribution in [0.3, 0.4) is 0 Å². The first-order valence-electron chi connectivity index (χ1n) is 8.12. The van der Waals surface area contributed by atoms with Crippen molar-refractivity contribution in [3.8, 4) is 11.5 Å². The van der Waals surface area contributed by atoms with Crippen LogP contribution >= 0.6 is 11.3 Å². The second kappa shape index (κ2) is 7.71. The smallest absolute Gasteiger partial charge is 0.427 e. The van der Waals surface area contributed by atoms with Crippen LogP contribution in [-0.2, 0) is 12.7 Å². The predicted octanol–water partition coefficient (Wildman–Crippen LogP) is 3.50. The Morgan fingerprint density at radius 3 is 2.42 bits per heavy atom. The molecule has 142 valence electrons. The van der Waals surface area contributed by atoms with Crippen LogP contribution in [0, 0.1) is 0 Å². The molecule has 1 aromatic heterocycles. The highest BCUT2D eigenvalue weighted by molar-refractivity contribution is 7.15. The van der Waals surface area contributed by atoms with Gasteiger partial charge in [-0.1, -0.05) is 11.3 Å². The van der Waals surface area contributed by atoms with Gasteiger partial charge in [-0.15, -0.1) is 0 Å². The third-order valence-corrected chi connectivity index (χ3v) is 5.40. The molecule has 5 nitrogen and oxygen atoms in total. The van der Waals surface area contributed by atoms with Crippen molar-refractivity contribution in [1.82, 2.24) is 9.88 Å². The molecular weight excluding hydrogens is 367 g/mol. The molecule has 3 rings (SSSR count). The molecule has 0 N–H and O–H groups in total. The van der Waals surface area contributed by atoms with Crippen LogP contribution in [0.4, 0.5) is 18.3 Å². The molecular formula is C17H20F3N3O2S. The zero-order valence-electron chi connectivity index (χ0n) is 14.5. The molecule has 0 spiro atoms. The molecule has 0 unspecified atom stereocenters. The number of ether oxygens (including phenoxy) is 2. The lowest BCUT2D eigenvalue weighted by molar-refractivity contribution is -0.134. The molecule has 0 radical (unpaired) electrons. The fourth-order valence-corrected chi connectivity index (χ4v) is 3.72. The predicted molar refractivity (Wildman–Crippen MR) is 94.2 cm³/mol. The van der Waals surface area contributed by atoms with Crippen LogP contribution in [0.25, 0.3) is 0 Å². The van der Waals surface area contributed by atoms with Gasteiger partial charge in [-0.25, -0.2) is 4.98 Å². The van der Waals surface area contributed by atoms with Crippen LogP contribution in [0.15, 0.2) is 24.4 Å². The Morgan fingerprint density at radius 2 is 1.85 bits per heavy atom. The Hall–Kier alpha value is -2.00. The average molecular weight is 387 g/mol. The van der Waals surface area contributed by atoms with Crippen LogP contribution in [0.5, 0.6) is 11.5 Å². The fraction of sp³-hybridized carbons (Fsp3) is 0.471. The first-order valence-corrected chi connectivity index (χ1v) is 8.93. The van der Waals surface area contributed by atoms with E-state index in [9.17, 15) is 13.2 Å². The largest absolute Gasteiger partial charge is 0.497 e. The van der Waals surface area contributed by atoms with Crippen molar-refractivity contribution in [2.24, 2.45) is 0 Å². The van der Waals surface area contributed by atoms with E-state index >= 15 is 0 Å². The van der Waals surface area contributed by atoms with E-state index in [1.807, 2.05) is 23.1 Å². The Morgan fingerprint density at radius 1 is 1.12 bits per heavy atom. The number of anilines is 1. The third-order valence-electron chi connectivity index (χ3n) is 4.30. The molecule has 0 amide bonds. The Labute approximate surface area is 154 Å². The molecule has 2 aromatic rings. The van der Waals surface area contributed by atoms with E-state index in [0.29, 0.717) is 36.1 Å². The van der Waals surface area contributed by atoms with Crippen molar-refractivity contribution in [1.29, 1.82) is 0 Å². The maximum absolute atomic E-state index is 12.7. The van der Waals surface area contributed by atoms with Crippen molar-refractivity contribution >= 4 is 16.5 Å². The lowest BCUT2D eigenvalue weighted by Gasteiger charge is -2.34. The quantitative estimate of drug-likeness (QED) is 0.785. The highest BCUT2D eigenvalue weighted by Crippen LogP contribution is 2.36. The fourth-order valence-electron chi connectivity index (χ4n) is 2.89. The molecule has 1 aromatic carbocycles. The molecule has 0 atom stereocenters. The van der Waals surface area contributed by atoms with E-state index in [1.165, 1.54) is 0 Å². The van der Waals surface area contributed by atoms with Crippen LogP contribution in [0.1, 0.15) is 10.4 Å². The second-order valence-electron chi connectivity index (χ2n) is 5.95. The SMILES string of the molecule is COc1ccc(OC)c(CN2CCN(c3ncc(C(F)(F)F)s3)CC2)c1. The number of piperazine rings is 1. The molecule has 0 bridgehead atoms. The van der Waals surface area contributed by atoms with Gasteiger partial charge in [-0.2, -0.15) is 13.2 Å². The van der Waals surface area contributed by atoms with Gasteiger partial charge in [0.1, 0.15) is 16.4 Å². The van der Waals surface area contributed by atoms with Gasteiger partial charge in [-0.05, 0) is 18.2 Å². The minimum atomic E-state index is -4.33. The number of hydrogen-bond donors (Lipinski definition) is 0. The number of methoxy groups -OCH3 is 2. The lowest BCUT2D eigenvalue weighted by atomic mass is 10.1. The van der Waals surface area contributed by atoms with E-state index < -0.39 is 11.1 Å². The van der Waals surface area contributed by atoms with Gasteiger partial charge in [0.25, 0.3) is 0 Å². The highest BCUT2D eigenvalue weighted by atomic mass is 32.1. The van der Waals surface area contributed by atoms with Gasteiger partial charge in [0.15, 0.2) is 5.13 Å². The minimum absolute atomic E-state index is 0.427. The monoisotopic (exact) mass is 387 g/mol. The van der Waals surface area contributed by atoms with Crippen molar-refractivity contribution in [2.75, 3.05) is 45.3 Å². The number of halogens is 3. The van der Waals surface area contributed by atoms with Crippen LogP contribution in [0.2, 0.25) is 0 Å². The van der Waals surface area contributed by atoms with E-state index in [2.05, 4.69) is 9.88 Å². The van der Waals surface area contributed by atoms with Gasteiger partial charge in [0.2, 0.25) is 0 Å². The van der Waals surface area contributed by atoms with Crippen molar-refractivity contribution in [3.63, 3.8) is 0 Å². The molecule has 1 fully saturated rings. The summed E-state index contributed by atoms with van der Waals surface area (Å²) in [7, 11) is 3.25. The summed E-state index contributed by atoms with van der Waals surface area (Å²) in [6.07, 6.45) is -3.42. The molecule has 1 saturated heterocycles. The van der Waals surface area contributed by atoms with Gasteiger partial charge in [-0.3, -0.25) is 4.90 Å². The maximum Gasteiger partial charge on any atom is 0.427 e. The molecule has 9 heteroatoms. The number of hydrogen-bond acceptors (Lipinski definition) is 6. The van der Waals surface area contributed by atoms with Gasteiger partial charge in [0.05, 0.1) is 20.4 Å². The zero-order chi connectivity index (χ0) is 18.7. The average Bonchev–Trinajstić information content (AvgIpc) is 3.13. The van der Waals surface area contributed by atoms with E-state index in [-0.39, 0.29) is 0 Å². The first kappa shape index (κ1) is 18.8. The van der Waals surface area contributed by atoms with E-state index in [4.69, 9.17) is 9.47 Å². The van der Waals surface area contributed by atoms with Gasteiger partial charge < -0.3 is 14.4 Å². The molecule has 26 heavy (non-hydrogen) atoms. The summed E-state index contributed by atoms with van der Waals surface area (Å²) in [5, 5.41) is 0.427. The molecule has 2 heterocycles. The molecule has 0 aliphatic carbocycles. The van der Waals surface area contributed by atoms with Gasteiger partial charge >= 0.3 is 6.18 Å². The van der Waals surface area contributed by atoms with Crippen molar-refractivity contribution in [2.45, 2.75) is 12.7 Å². The van der Waals surface area contributed by atoms with Crippen molar-refractivity contribution < 1.29 is 22.6 Å². The topological polar surface area (TPSA) is 37.8 Å². The summed E-state index contributed by atoms with van der Waals surface area (Å²) in [6, 6.07) is 5.67. The summed E-state index contributed by atoms with van der Waals surface area (Å²) in [6.45, 7) is 3.44. The minimum Gasteiger partial charge on any atom is -0.497 e. The highest BCUT2D eigenvalue weighted by Gasteiger charge is 2.34. The summed E-state index contributed by atoms with van der Waals surface area (Å²) in [5.41, 5.74) is 1.02. The Balaban J connectivity index is 1.61. The number of rotatable bonds is 5. The number of alkyl halides is 3. The number of benzene rings is 1. The standard InChI is InChI=1S/C17H20F3N3O2S/c1-24-13-3-4-14(25-2)12(9-13)11-22-5-7-23(8-6-22)16-21-10-15(26-16)17(18,19)20/h3-4,9-10H,5-8,11H2,1-2H3. The summed E-state index contributed by atoms with van der Waals surface area (Å²) in [5.74, 6) is 1.56. The molecule has 0 saturated carbocycles. The Bertz CT molecular complexity index is 743. The third kappa shape index (κ3) is 4.21. The summed E-state index contributed by atoms with van der Waals surface area (Å²) < 4.78 is 48.9. The maximum atomic E-state index is 12.7. The van der Waals surface area contributed by atoms with Crippen LogP contribution in [-0.4, -0.2) is 50.3 Å². The normalized spacial score (nSPS) is 16.0. The van der Waals surface area contributed by atoms with Crippen molar-refractivity contribution in [3.05, 3.63) is 34.8 Å². The summed E-state index contributed by atoms with van der Waals surface area (Å²) in [4.78, 5) is 7.42. The van der Waals surface area contributed by atoms with E-state index in [0.717, 1.165) is 36.3 Å². The summed E-state index contributed by atoms with van der Waals surface area (Å²) >= 11 is 0.697. The first-order chi connectivity index (χ1) is 12.4. The number of thiazole rings is 1. The lowest BCUT2D eigenvalue weighted by Crippen LogP contribution is -2.46. The number of nitrogens with zero attached hydrogens (tertiary/aromatic N) is 3. The number of aromatic nitrogens is 1. The van der Waals surface area contributed by atoms with Crippen LogP contribution < -0.4 is 14.4 Å². The van der Waals surface area contributed by atoms with E-state index in [1.54, 1.807) is 14.2 Å². The Kier molecular flexibility index (Phi) is 5.57. The zero-order valence-corrected chi connectivity index (χ0v) is 15.4. The molecule has 1 aliphatic heterocycles. The second-order valence-corrected chi connectivity index (χ2v) is 6.95. The molecule has 1 aliphatic rings.